The van der Waals surface area contributed by atoms with Gasteiger partial charge in [0.15, 0.2) is 6.29 Å². The SMILES string of the molecule is Cc1ccccc1-c1nnc(-c2ccc(C(=O)N3CCCC(C4OCCO4)C3)cc2)o1. The molecule has 31 heavy (non-hydrogen) atoms. The lowest BCUT2D eigenvalue weighted by Crippen LogP contribution is -2.43. The second kappa shape index (κ2) is 8.61. The number of carbonyl (C=O) groups is 1. The van der Waals surface area contributed by atoms with Crippen molar-refractivity contribution in [1.29, 1.82) is 0 Å². The number of aromatic nitrogens is 2. The van der Waals surface area contributed by atoms with Crippen molar-refractivity contribution in [2.75, 3.05) is 26.3 Å². The smallest absolute Gasteiger partial charge is 0.253 e. The minimum Gasteiger partial charge on any atom is -0.416 e. The summed E-state index contributed by atoms with van der Waals surface area (Å²) >= 11 is 0. The van der Waals surface area contributed by atoms with Crippen molar-refractivity contribution in [1.82, 2.24) is 15.1 Å². The summed E-state index contributed by atoms with van der Waals surface area (Å²) in [6, 6.07) is 15.2. The van der Waals surface area contributed by atoms with Crippen LogP contribution in [0.2, 0.25) is 0 Å². The molecule has 2 saturated heterocycles. The van der Waals surface area contributed by atoms with Gasteiger partial charge in [0, 0.05) is 35.7 Å². The molecule has 5 rings (SSSR count). The number of carbonyl (C=O) groups excluding carboxylic acids is 1. The molecular weight excluding hydrogens is 394 g/mol. The van der Waals surface area contributed by atoms with Crippen LogP contribution in [0.25, 0.3) is 22.9 Å². The fourth-order valence-corrected chi connectivity index (χ4v) is 4.26. The molecule has 0 bridgehead atoms. The summed E-state index contributed by atoms with van der Waals surface area (Å²) in [4.78, 5) is 14.9. The molecule has 0 saturated carbocycles. The highest BCUT2D eigenvalue weighted by molar-refractivity contribution is 5.94. The summed E-state index contributed by atoms with van der Waals surface area (Å²) in [6.45, 7) is 4.70. The molecule has 0 N–H and O–H groups in total. The van der Waals surface area contributed by atoms with Crippen molar-refractivity contribution in [2.45, 2.75) is 26.1 Å². The first-order chi connectivity index (χ1) is 15.2. The topological polar surface area (TPSA) is 77.7 Å². The lowest BCUT2D eigenvalue weighted by molar-refractivity contribution is -0.0969. The van der Waals surface area contributed by atoms with Gasteiger partial charge in [-0.25, -0.2) is 0 Å². The predicted octanol–water partition coefficient (Wildman–Crippen LogP) is 3.94. The molecule has 2 fully saturated rings. The van der Waals surface area contributed by atoms with Crippen molar-refractivity contribution in [3.8, 4) is 22.9 Å². The number of rotatable bonds is 4. The third-order valence-electron chi connectivity index (χ3n) is 5.96. The van der Waals surface area contributed by atoms with Crippen LogP contribution in [0.3, 0.4) is 0 Å². The van der Waals surface area contributed by atoms with E-state index in [1.807, 2.05) is 60.4 Å². The zero-order chi connectivity index (χ0) is 21.2. The van der Waals surface area contributed by atoms with E-state index < -0.39 is 0 Å². The molecule has 1 unspecified atom stereocenters. The number of piperidine rings is 1. The number of hydrogen-bond donors (Lipinski definition) is 0. The Hall–Kier alpha value is -3.03. The molecule has 7 nitrogen and oxygen atoms in total. The van der Waals surface area contributed by atoms with Crippen LogP contribution in [0.4, 0.5) is 0 Å². The Morgan fingerprint density at radius 1 is 1.00 bits per heavy atom. The lowest BCUT2D eigenvalue weighted by atomic mass is 9.96. The molecule has 3 heterocycles. The second-order valence-corrected chi connectivity index (χ2v) is 8.07. The summed E-state index contributed by atoms with van der Waals surface area (Å²) in [5.74, 6) is 1.19. The highest BCUT2D eigenvalue weighted by Crippen LogP contribution is 2.28. The first-order valence-electron chi connectivity index (χ1n) is 10.7. The Morgan fingerprint density at radius 2 is 1.74 bits per heavy atom. The number of hydrogen-bond acceptors (Lipinski definition) is 6. The summed E-state index contributed by atoms with van der Waals surface area (Å²) in [7, 11) is 0. The van der Waals surface area contributed by atoms with Gasteiger partial charge >= 0.3 is 0 Å². The third-order valence-corrected chi connectivity index (χ3v) is 5.96. The first-order valence-corrected chi connectivity index (χ1v) is 10.7. The van der Waals surface area contributed by atoms with Crippen LogP contribution in [-0.4, -0.2) is 53.6 Å². The summed E-state index contributed by atoms with van der Waals surface area (Å²) in [6.07, 6.45) is 1.80. The van der Waals surface area contributed by atoms with Crippen LogP contribution in [0.1, 0.15) is 28.8 Å². The highest BCUT2D eigenvalue weighted by atomic mass is 16.7. The van der Waals surface area contributed by atoms with Crippen LogP contribution in [-0.2, 0) is 9.47 Å². The molecule has 160 valence electrons. The highest BCUT2D eigenvalue weighted by Gasteiger charge is 2.33. The number of amides is 1. The normalized spacial score (nSPS) is 19.6. The van der Waals surface area contributed by atoms with E-state index in [9.17, 15) is 4.79 Å². The van der Waals surface area contributed by atoms with Gasteiger partial charge in [0.1, 0.15) is 0 Å². The van der Waals surface area contributed by atoms with Gasteiger partial charge in [0.2, 0.25) is 11.8 Å². The summed E-state index contributed by atoms with van der Waals surface area (Å²) in [5, 5.41) is 8.37. The standard InChI is InChI=1S/C24H25N3O4/c1-16-5-2-3-7-20(16)22-26-25-21(31-22)17-8-10-18(11-9-17)23(28)27-12-4-6-19(15-27)24-29-13-14-30-24/h2-3,5,7-11,19,24H,4,6,12-15H2,1H3. The number of ether oxygens (including phenoxy) is 2. The molecule has 1 amide bonds. The van der Waals surface area contributed by atoms with E-state index in [1.165, 1.54) is 0 Å². The Kier molecular flexibility index (Phi) is 5.53. The van der Waals surface area contributed by atoms with E-state index in [0.29, 0.717) is 37.1 Å². The molecule has 2 aliphatic rings. The summed E-state index contributed by atoms with van der Waals surface area (Å²) < 4.78 is 17.2. The molecule has 1 aromatic heterocycles. The average molecular weight is 419 g/mol. The van der Waals surface area contributed by atoms with Gasteiger partial charge in [-0.3, -0.25) is 4.79 Å². The zero-order valence-corrected chi connectivity index (χ0v) is 17.5. The quantitative estimate of drug-likeness (QED) is 0.638. The Labute approximate surface area is 181 Å². The molecule has 3 aromatic rings. The van der Waals surface area contributed by atoms with Crippen molar-refractivity contribution in [3.63, 3.8) is 0 Å². The van der Waals surface area contributed by atoms with Gasteiger partial charge in [-0.1, -0.05) is 18.2 Å². The van der Waals surface area contributed by atoms with Crippen molar-refractivity contribution >= 4 is 5.91 Å². The Balaban J connectivity index is 1.29. The van der Waals surface area contributed by atoms with E-state index in [1.54, 1.807) is 0 Å². The van der Waals surface area contributed by atoms with Crippen LogP contribution in [0.5, 0.6) is 0 Å². The van der Waals surface area contributed by atoms with Gasteiger partial charge < -0.3 is 18.8 Å². The number of aryl methyl sites for hydroxylation is 1. The first kappa shape index (κ1) is 19.9. The van der Waals surface area contributed by atoms with Crippen LogP contribution in [0.15, 0.2) is 52.9 Å². The summed E-state index contributed by atoms with van der Waals surface area (Å²) in [5.41, 5.74) is 3.43. The maximum absolute atomic E-state index is 13.0. The average Bonchev–Trinajstić information content (AvgIpc) is 3.52. The van der Waals surface area contributed by atoms with E-state index in [2.05, 4.69) is 10.2 Å². The van der Waals surface area contributed by atoms with Gasteiger partial charge in [0.25, 0.3) is 5.91 Å². The van der Waals surface area contributed by atoms with E-state index in [-0.39, 0.29) is 18.1 Å². The van der Waals surface area contributed by atoms with Crippen LogP contribution in [0, 0.1) is 12.8 Å². The third kappa shape index (κ3) is 4.11. The molecule has 0 spiro atoms. The predicted molar refractivity (Wildman–Crippen MR) is 114 cm³/mol. The lowest BCUT2D eigenvalue weighted by Gasteiger charge is -2.34. The molecule has 1 atom stereocenters. The van der Waals surface area contributed by atoms with E-state index >= 15 is 0 Å². The van der Waals surface area contributed by atoms with Gasteiger partial charge in [-0.2, -0.15) is 0 Å². The van der Waals surface area contributed by atoms with E-state index in [4.69, 9.17) is 13.9 Å². The maximum Gasteiger partial charge on any atom is 0.253 e. The van der Waals surface area contributed by atoms with E-state index in [0.717, 1.165) is 36.1 Å². The van der Waals surface area contributed by atoms with Crippen molar-refractivity contribution in [3.05, 3.63) is 59.7 Å². The molecule has 7 heteroatoms. The molecule has 2 aromatic carbocycles. The monoisotopic (exact) mass is 419 g/mol. The number of nitrogens with zero attached hydrogens (tertiary/aromatic N) is 3. The fourth-order valence-electron chi connectivity index (χ4n) is 4.26. The van der Waals surface area contributed by atoms with Gasteiger partial charge in [-0.05, 0) is 55.7 Å². The fraction of sp³-hybridized carbons (Fsp3) is 0.375. The van der Waals surface area contributed by atoms with Gasteiger partial charge in [-0.15, -0.1) is 10.2 Å². The van der Waals surface area contributed by atoms with Gasteiger partial charge in [0.05, 0.1) is 13.2 Å². The van der Waals surface area contributed by atoms with Crippen LogP contribution >= 0.6 is 0 Å². The molecule has 2 aliphatic heterocycles. The molecule has 0 radical (unpaired) electrons. The minimum absolute atomic E-state index is 0.0281. The number of benzene rings is 2. The zero-order valence-electron chi connectivity index (χ0n) is 17.5. The maximum atomic E-state index is 13.0. The largest absolute Gasteiger partial charge is 0.416 e. The second-order valence-electron chi connectivity index (χ2n) is 8.07. The molecule has 0 aliphatic carbocycles. The van der Waals surface area contributed by atoms with Crippen molar-refractivity contribution in [2.24, 2.45) is 5.92 Å². The van der Waals surface area contributed by atoms with Crippen molar-refractivity contribution < 1.29 is 18.7 Å². The molecular formula is C24H25N3O4. The Morgan fingerprint density at radius 3 is 2.52 bits per heavy atom. The number of likely N-dealkylation sites (tertiary alicyclic amines) is 1. The minimum atomic E-state index is -0.182. The Bertz CT molecular complexity index is 1060. The van der Waals surface area contributed by atoms with Crippen LogP contribution < -0.4 is 0 Å².